The van der Waals surface area contributed by atoms with Crippen molar-refractivity contribution in [3.8, 4) is 0 Å². The molecule has 0 spiro atoms. The number of amides is 1. The van der Waals surface area contributed by atoms with Gasteiger partial charge in [-0.1, -0.05) is 13.8 Å². The highest BCUT2D eigenvalue weighted by molar-refractivity contribution is 7.92. The van der Waals surface area contributed by atoms with Crippen molar-refractivity contribution in [3.05, 3.63) is 11.1 Å². The van der Waals surface area contributed by atoms with Crippen molar-refractivity contribution >= 4 is 44.6 Å². The van der Waals surface area contributed by atoms with Gasteiger partial charge >= 0.3 is 0 Å². The molecular weight excluding hydrogens is 346 g/mol. The topological polar surface area (TPSA) is 88.2 Å². The number of piperidine rings is 1. The van der Waals surface area contributed by atoms with Gasteiger partial charge in [0.1, 0.15) is 0 Å². The van der Waals surface area contributed by atoms with Crippen LogP contribution in [-0.2, 0) is 14.6 Å². The van der Waals surface area contributed by atoms with Gasteiger partial charge in [0.2, 0.25) is 5.91 Å². The molecule has 2 N–H and O–H groups in total. The second-order valence-corrected chi connectivity index (χ2v) is 8.89. The van der Waals surface area contributed by atoms with E-state index in [4.69, 9.17) is 0 Å². The Hall–Kier alpha value is -0.700. The normalized spacial score (nSPS) is 17.8. The summed E-state index contributed by atoms with van der Waals surface area (Å²) < 4.78 is 23.0. The highest BCUT2D eigenvalue weighted by atomic mass is 35.5. The molecule has 6 nitrogen and oxygen atoms in total. The van der Waals surface area contributed by atoms with Crippen molar-refractivity contribution in [3.63, 3.8) is 0 Å². The maximum Gasteiger partial charge on any atom is 0.247 e. The number of aromatic nitrogens is 1. The molecule has 2 heterocycles. The minimum atomic E-state index is -3.49. The first-order valence-corrected chi connectivity index (χ1v) is 9.70. The van der Waals surface area contributed by atoms with Crippen molar-refractivity contribution in [2.75, 3.05) is 24.7 Å². The van der Waals surface area contributed by atoms with Gasteiger partial charge in [-0.25, -0.2) is 13.4 Å². The zero-order chi connectivity index (χ0) is 15.7. The van der Waals surface area contributed by atoms with Crippen molar-refractivity contribution in [2.24, 2.45) is 0 Å². The molecule has 0 atom stereocenters. The van der Waals surface area contributed by atoms with E-state index in [0.717, 1.165) is 11.9 Å². The SMILES string of the molecule is CC(C)c1csc(NC(=O)C2(S(C)(=O)=O)CCNCC2)n1.Cl. The maximum absolute atomic E-state index is 12.6. The average Bonchev–Trinajstić information content (AvgIpc) is 2.87. The number of carbonyl (C=O) groups is 1. The van der Waals surface area contributed by atoms with Crippen molar-refractivity contribution in [1.82, 2.24) is 10.3 Å². The number of sulfone groups is 1. The number of nitrogens with one attached hydrogen (secondary N) is 2. The Kier molecular flexibility index (Phi) is 6.37. The summed E-state index contributed by atoms with van der Waals surface area (Å²) in [5, 5.41) is 8.14. The molecule has 1 aromatic heterocycles. The first-order valence-electron chi connectivity index (χ1n) is 6.93. The number of halogens is 1. The van der Waals surface area contributed by atoms with Crippen molar-refractivity contribution in [1.29, 1.82) is 0 Å². The van der Waals surface area contributed by atoms with Crippen LogP contribution in [0.4, 0.5) is 5.13 Å². The fraction of sp³-hybridized carbons (Fsp3) is 0.692. The fourth-order valence-electron chi connectivity index (χ4n) is 2.42. The van der Waals surface area contributed by atoms with Gasteiger partial charge in [-0.05, 0) is 31.8 Å². The summed E-state index contributed by atoms with van der Waals surface area (Å²) in [6.07, 6.45) is 1.72. The summed E-state index contributed by atoms with van der Waals surface area (Å²) in [5.41, 5.74) is 0.897. The van der Waals surface area contributed by atoms with Crippen LogP contribution in [0.5, 0.6) is 0 Å². The van der Waals surface area contributed by atoms with Crippen LogP contribution in [0, 0.1) is 0 Å². The molecule has 1 saturated heterocycles. The Morgan fingerprint density at radius 2 is 2.00 bits per heavy atom. The minimum absolute atomic E-state index is 0. The molecule has 1 aliphatic rings. The lowest BCUT2D eigenvalue weighted by Crippen LogP contribution is -2.55. The Balaban J connectivity index is 0.00000242. The van der Waals surface area contributed by atoms with Gasteiger partial charge in [-0.3, -0.25) is 4.79 Å². The first-order chi connectivity index (χ1) is 9.76. The molecule has 0 aliphatic carbocycles. The van der Waals surface area contributed by atoms with Crippen LogP contribution in [0.15, 0.2) is 5.38 Å². The van der Waals surface area contributed by atoms with Crippen molar-refractivity contribution < 1.29 is 13.2 Å². The van der Waals surface area contributed by atoms with Gasteiger partial charge in [0, 0.05) is 11.6 Å². The molecule has 0 radical (unpaired) electrons. The third-order valence-corrected chi connectivity index (χ3v) is 6.66. The molecule has 0 bridgehead atoms. The number of nitrogens with zero attached hydrogens (tertiary/aromatic N) is 1. The second-order valence-electron chi connectivity index (χ2n) is 5.70. The lowest BCUT2D eigenvalue weighted by Gasteiger charge is -2.33. The Morgan fingerprint density at radius 1 is 1.41 bits per heavy atom. The van der Waals surface area contributed by atoms with Gasteiger partial charge in [-0.2, -0.15) is 0 Å². The molecule has 2 rings (SSSR count). The van der Waals surface area contributed by atoms with Crippen molar-refractivity contribution in [2.45, 2.75) is 37.4 Å². The summed E-state index contributed by atoms with van der Waals surface area (Å²) in [4.78, 5) is 16.9. The number of carbonyl (C=O) groups excluding carboxylic acids is 1. The van der Waals surface area contributed by atoms with E-state index in [0.29, 0.717) is 31.1 Å². The summed E-state index contributed by atoms with van der Waals surface area (Å²) >= 11 is 1.33. The van der Waals surface area contributed by atoms with E-state index in [1.807, 2.05) is 19.2 Å². The Labute approximate surface area is 141 Å². The number of anilines is 1. The molecule has 1 aliphatic heterocycles. The first kappa shape index (κ1) is 19.3. The lowest BCUT2D eigenvalue weighted by atomic mass is 9.96. The molecular formula is C13H22ClN3O3S2. The molecule has 22 heavy (non-hydrogen) atoms. The van der Waals surface area contributed by atoms with Crippen LogP contribution < -0.4 is 10.6 Å². The van der Waals surface area contributed by atoms with Gasteiger partial charge in [0.15, 0.2) is 19.7 Å². The quantitative estimate of drug-likeness (QED) is 0.847. The van der Waals surface area contributed by atoms with Crippen LogP contribution in [0.1, 0.15) is 38.3 Å². The third-order valence-electron chi connectivity index (χ3n) is 3.87. The molecule has 126 valence electrons. The van der Waals surface area contributed by atoms with Crippen LogP contribution in [0.3, 0.4) is 0 Å². The predicted octanol–water partition coefficient (Wildman–Crippen LogP) is 1.79. The monoisotopic (exact) mass is 367 g/mol. The van der Waals surface area contributed by atoms with Crippen LogP contribution in [-0.4, -0.2) is 43.4 Å². The number of hydrogen-bond acceptors (Lipinski definition) is 6. The van der Waals surface area contributed by atoms with Gasteiger partial charge in [0.25, 0.3) is 0 Å². The van der Waals surface area contributed by atoms with E-state index in [9.17, 15) is 13.2 Å². The Bertz CT molecular complexity index is 622. The number of rotatable bonds is 4. The number of thiazole rings is 1. The smallest absolute Gasteiger partial charge is 0.247 e. The van der Waals surface area contributed by atoms with Crippen LogP contribution in [0.25, 0.3) is 0 Å². The highest BCUT2D eigenvalue weighted by Gasteiger charge is 2.48. The van der Waals surface area contributed by atoms with Crippen LogP contribution in [0.2, 0.25) is 0 Å². The van der Waals surface area contributed by atoms with E-state index in [1.54, 1.807) is 0 Å². The summed E-state index contributed by atoms with van der Waals surface area (Å²) in [6, 6.07) is 0. The lowest BCUT2D eigenvalue weighted by molar-refractivity contribution is -0.119. The van der Waals surface area contributed by atoms with Crippen LogP contribution >= 0.6 is 23.7 Å². The predicted molar refractivity (Wildman–Crippen MR) is 91.8 cm³/mol. The molecule has 0 aromatic carbocycles. The molecule has 1 aromatic rings. The van der Waals surface area contributed by atoms with Gasteiger partial charge in [-0.15, -0.1) is 23.7 Å². The molecule has 9 heteroatoms. The van der Waals surface area contributed by atoms with E-state index < -0.39 is 20.5 Å². The zero-order valence-corrected chi connectivity index (χ0v) is 15.3. The minimum Gasteiger partial charge on any atom is -0.317 e. The zero-order valence-electron chi connectivity index (χ0n) is 12.9. The molecule has 1 amide bonds. The fourth-order valence-corrected chi connectivity index (χ4v) is 4.62. The van der Waals surface area contributed by atoms with E-state index >= 15 is 0 Å². The summed E-state index contributed by atoms with van der Waals surface area (Å²) in [5.74, 6) is -0.189. The van der Waals surface area contributed by atoms with Gasteiger partial charge < -0.3 is 10.6 Å². The average molecular weight is 368 g/mol. The van der Waals surface area contributed by atoms with E-state index in [1.165, 1.54) is 11.3 Å². The highest BCUT2D eigenvalue weighted by Crippen LogP contribution is 2.30. The van der Waals surface area contributed by atoms with E-state index in [2.05, 4.69) is 15.6 Å². The second kappa shape index (κ2) is 7.25. The molecule has 1 fully saturated rings. The Morgan fingerprint density at radius 3 is 2.45 bits per heavy atom. The maximum atomic E-state index is 12.6. The van der Waals surface area contributed by atoms with Gasteiger partial charge in [0.05, 0.1) is 5.69 Å². The third kappa shape index (κ3) is 3.79. The summed E-state index contributed by atoms with van der Waals surface area (Å²) in [7, 11) is -3.49. The number of hydrogen-bond donors (Lipinski definition) is 2. The summed E-state index contributed by atoms with van der Waals surface area (Å²) in [6.45, 7) is 5.09. The molecule has 0 unspecified atom stereocenters. The largest absolute Gasteiger partial charge is 0.317 e. The van der Waals surface area contributed by atoms with E-state index in [-0.39, 0.29) is 18.3 Å². The standard InChI is InChI=1S/C13H21N3O3S2.ClH/c1-9(2)10-8-20-12(15-10)16-11(17)13(21(3,18)19)4-6-14-7-5-13;/h8-9,14H,4-7H2,1-3H3,(H,15,16,17);1H. The molecule has 0 saturated carbocycles.